The van der Waals surface area contributed by atoms with Crippen molar-refractivity contribution in [1.82, 2.24) is 4.90 Å². The van der Waals surface area contributed by atoms with Gasteiger partial charge in [0.15, 0.2) is 0 Å². The van der Waals surface area contributed by atoms with Gasteiger partial charge in [-0.1, -0.05) is 6.42 Å². The van der Waals surface area contributed by atoms with E-state index in [-0.39, 0.29) is 12.6 Å². The Bertz CT molecular complexity index is 179. The first-order valence-electron chi connectivity index (χ1n) is 5.78. The second kappa shape index (κ2) is 7.65. The van der Waals surface area contributed by atoms with Gasteiger partial charge >= 0.3 is 5.97 Å². The second-order valence-electron chi connectivity index (χ2n) is 3.76. The van der Waals surface area contributed by atoms with Crippen LogP contribution in [-0.2, 0) is 14.3 Å². The summed E-state index contributed by atoms with van der Waals surface area (Å²) >= 11 is 0. The van der Waals surface area contributed by atoms with Crippen LogP contribution in [0.3, 0.4) is 0 Å². The number of carbonyl (C=O) groups is 1. The first kappa shape index (κ1) is 12.5. The Morgan fingerprint density at radius 1 is 1.27 bits per heavy atom. The van der Waals surface area contributed by atoms with Crippen molar-refractivity contribution in [2.75, 3.05) is 39.5 Å². The number of likely N-dealkylation sites (tertiary alicyclic amines) is 1. The lowest BCUT2D eigenvalue weighted by molar-refractivity contribution is -0.149. The Labute approximate surface area is 91.5 Å². The molecule has 0 unspecified atom stereocenters. The van der Waals surface area contributed by atoms with Gasteiger partial charge in [0.05, 0.1) is 0 Å². The molecule has 88 valence electrons. The number of hydrogen-bond donors (Lipinski definition) is 0. The summed E-state index contributed by atoms with van der Waals surface area (Å²) in [5.74, 6) is -0.256. The quantitative estimate of drug-likeness (QED) is 0.621. The minimum atomic E-state index is -0.256. The van der Waals surface area contributed by atoms with E-state index in [4.69, 9.17) is 9.47 Å². The third-order valence-electron chi connectivity index (χ3n) is 2.54. The molecule has 4 heteroatoms. The molecule has 1 heterocycles. The van der Waals surface area contributed by atoms with Gasteiger partial charge in [-0.2, -0.15) is 0 Å². The molecule has 1 aliphatic heterocycles. The van der Waals surface area contributed by atoms with E-state index >= 15 is 0 Å². The molecule has 0 aromatic carbocycles. The first-order chi connectivity index (χ1) is 7.33. The molecule has 0 atom stereocenters. The van der Waals surface area contributed by atoms with Crippen molar-refractivity contribution in [2.45, 2.75) is 26.2 Å². The summed E-state index contributed by atoms with van der Waals surface area (Å²) in [6.45, 7) is 6.13. The molecule has 1 rings (SSSR count). The lowest BCUT2D eigenvalue weighted by atomic mass is 10.1. The van der Waals surface area contributed by atoms with Crippen molar-refractivity contribution in [1.29, 1.82) is 0 Å². The summed E-state index contributed by atoms with van der Waals surface area (Å²) in [6.07, 6.45) is 3.88. The number of ether oxygens (including phenoxy) is 2. The molecule has 0 aliphatic carbocycles. The molecule has 0 N–H and O–H groups in total. The smallest absolute Gasteiger partial charge is 0.332 e. The lowest BCUT2D eigenvalue weighted by Crippen LogP contribution is -2.33. The zero-order valence-electron chi connectivity index (χ0n) is 9.54. The van der Waals surface area contributed by atoms with Crippen molar-refractivity contribution >= 4 is 5.97 Å². The fourth-order valence-electron chi connectivity index (χ4n) is 1.70. The average Bonchev–Trinajstić information content (AvgIpc) is 2.28. The predicted octanol–water partition coefficient (Wildman–Crippen LogP) is 1.05. The van der Waals surface area contributed by atoms with E-state index in [1.807, 2.05) is 6.92 Å². The highest BCUT2D eigenvalue weighted by molar-refractivity contribution is 5.70. The molecule has 15 heavy (non-hydrogen) atoms. The highest BCUT2D eigenvalue weighted by Crippen LogP contribution is 2.07. The third-order valence-corrected chi connectivity index (χ3v) is 2.54. The summed E-state index contributed by atoms with van der Waals surface area (Å²) in [5, 5.41) is 0. The van der Waals surface area contributed by atoms with Crippen LogP contribution >= 0.6 is 0 Å². The molecule has 1 aliphatic rings. The van der Waals surface area contributed by atoms with E-state index in [1.54, 1.807) is 0 Å². The van der Waals surface area contributed by atoms with E-state index in [9.17, 15) is 4.79 Å². The molecule has 0 radical (unpaired) electrons. The lowest BCUT2D eigenvalue weighted by Gasteiger charge is -2.25. The topological polar surface area (TPSA) is 38.8 Å². The van der Waals surface area contributed by atoms with Gasteiger partial charge in [0.25, 0.3) is 0 Å². The van der Waals surface area contributed by atoms with Crippen molar-refractivity contribution in [3.05, 3.63) is 0 Å². The Balaban J connectivity index is 1.97. The van der Waals surface area contributed by atoms with E-state index in [0.717, 1.165) is 19.6 Å². The predicted molar refractivity (Wildman–Crippen MR) is 57.7 cm³/mol. The van der Waals surface area contributed by atoms with E-state index in [0.29, 0.717) is 13.2 Å². The fourth-order valence-corrected chi connectivity index (χ4v) is 1.70. The molecular weight excluding hydrogens is 194 g/mol. The maximum atomic E-state index is 11.1. The van der Waals surface area contributed by atoms with Crippen LogP contribution in [0, 0.1) is 0 Å². The molecule has 0 saturated carbocycles. The molecule has 0 aromatic heterocycles. The van der Waals surface area contributed by atoms with Crippen LogP contribution in [0.15, 0.2) is 0 Å². The van der Waals surface area contributed by atoms with Crippen LogP contribution in [0.2, 0.25) is 0 Å². The minimum Gasteiger partial charge on any atom is -0.463 e. The molecular formula is C11H21NO3. The standard InChI is InChI=1S/C11H21NO3/c1-2-14-10-11(13)15-9-8-12-6-4-3-5-7-12/h2-10H2,1H3. The number of carbonyl (C=O) groups excluding carboxylic acids is 1. The zero-order valence-corrected chi connectivity index (χ0v) is 9.54. The van der Waals surface area contributed by atoms with Gasteiger partial charge in [-0.3, -0.25) is 4.90 Å². The third kappa shape index (κ3) is 5.74. The Morgan fingerprint density at radius 2 is 2.00 bits per heavy atom. The first-order valence-corrected chi connectivity index (χ1v) is 5.78. The highest BCUT2D eigenvalue weighted by atomic mass is 16.6. The van der Waals surface area contributed by atoms with Gasteiger partial charge in [0.2, 0.25) is 0 Å². The summed E-state index contributed by atoms with van der Waals surface area (Å²) in [4.78, 5) is 13.4. The molecule has 1 saturated heterocycles. The average molecular weight is 215 g/mol. The molecule has 0 aromatic rings. The molecule has 0 amide bonds. The van der Waals surface area contributed by atoms with Crippen LogP contribution < -0.4 is 0 Å². The van der Waals surface area contributed by atoms with Gasteiger partial charge in [-0.05, 0) is 32.9 Å². The van der Waals surface area contributed by atoms with E-state index < -0.39 is 0 Å². The molecule has 0 spiro atoms. The van der Waals surface area contributed by atoms with Gasteiger partial charge in [0.1, 0.15) is 13.2 Å². The molecule has 1 fully saturated rings. The summed E-state index contributed by atoms with van der Waals surface area (Å²) in [5.41, 5.74) is 0. The largest absolute Gasteiger partial charge is 0.463 e. The molecule has 4 nitrogen and oxygen atoms in total. The number of nitrogens with zero attached hydrogens (tertiary/aromatic N) is 1. The maximum absolute atomic E-state index is 11.1. The number of esters is 1. The van der Waals surface area contributed by atoms with Crippen LogP contribution in [0.25, 0.3) is 0 Å². The van der Waals surface area contributed by atoms with Crippen LogP contribution in [0.1, 0.15) is 26.2 Å². The Hall–Kier alpha value is -0.610. The number of rotatable bonds is 6. The summed E-state index contributed by atoms with van der Waals surface area (Å²) < 4.78 is 9.99. The van der Waals surface area contributed by atoms with Crippen molar-refractivity contribution in [3.63, 3.8) is 0 Å². The maximum Gasteiger partial charge on any atom is 0.332 e. The van der Waals surface area contributed by atoms with Gasteiger partial charge < -0.3 is 9.47 Å². The SMILES string of the molecule is CCOCC(=O)OCCN1CCCCC1. The van der Waals surface area contributed by atoms with Crippen LogP contribution in [0.4, 0.5) is 0 Å². The van der Waals surface area contributed by atoms with Crippen molar-refractivity contribution < 1.29 is 14.3 Å². The van der Waals surface area contributed by atoms with Crippen LogP contribution in [-0.4, -0.2) is 50.3 Å². The normalized spacial score (nSPS) is 17.7. The number of hydrogen-bond acceptors (Lipinski definition) is 4. The number of piperidine rings is 1. The van der Waals surface area contributed by atoms with Crippen LogP contribution in [0.5, 0.6) is 0 Å². The van der Waals surface area contributed by atoms with E-state index in [2.05, 4.69) is 4.90 Å². The van der Waals surface area contributed by atoms with Gasteiger partial charge in [-0.15, -0.1) is 0 Å². The van der Waals surface area contributed by atoms with E-state index in [1.165, 1.54) is 19.3 Å². The minimum absolute atomic E-state index is 0.0799. The summed E-state index contributed by atoms with van der Waals surface area (Å²) in [6, 6.07) is 0. The van der Waals surface area contributed by atoms with Crippen molar-refractivity contribution in [3.8, 4) is 0 Å². The monoisotopic (exact) mass is 215 g/mol. The van der Waals surface area contributed by atoms with Crippen molar-refractivity contribution in [2.24, 2.45) is 0 Å². The Kier molecular flexibility index (Phi) is 6.36. The van der Waals surface area contributed by atoms with Gasteiger partial charge in [-0.25, -0.2) is 4.79 Å². The van der Waals surface area contributed by atoms with Gasteiger partial charge in [0, 0.05) is 13.2 Å². The highest BCUT2D eigenvalue weighted by Gasteiger charge is 2.10. The second-order valence-corrected chi connectivity index (χ2v) is 3.76. The fraction of sp³-hybridized carbons (Fsp3) is 0.909. The summed E-state index contributed by atoms with van der Waals surface area (Å²) in [7, 11) is 0. The zero-order chi connectivity index (χ0) is 10.9. The Morgan fingerprint density at radius 3 is 2.67 bits per heavy atom. The molecule has 0 bridgehead atoms.